The number of nitrogens with zero attached hydrogens (tertiary/aromatic N) is 4. The number of nitrogens with one attached hydrogen (secondary N) is 1. The van der Waals surface area contributed by atoms with Crippen molar-refractivity contribution in [3.63, 3.8) is 0 Å². The van der Waals surface area contributed by atoms with Crippen LogP contribution in [0.3, 0.4) is 0 Å². The fourth-order valence-corrected chi connectivity index (χ4v) is 5.00. The number of benzene rings is 2. The fraction of sp³-hybridized carbons (Fsp3) is 0.231. The zero-order valence-electron chi connectivity index (χ0n) is 18.5. The van der Waals surface area contributed by atoms with E-state index in [1.807, 2.05) is 43.3 Å². The van der Waals surface area contributed by atoms with Gasteiger partial charge in [0.15, 0.2) is 0 Å². The first-order chi connectivity index (χ1) is 16.5. The Labute approximate surface area is 201 Å². The number of aromatic nitrogens is 3. The van der Waals surface area contributed by atoms with Gasteiger partial charge in [-0.3, -0.25) is 9.59 Å². The van der Waals surface area contributed by atoms with Crippen LogP contribution in [0, 0.1) is 18.8 Å². The van der Waals surface area contributed by atoms with Crippen LogP contribution in [0.2, 0.25) is 5.02 Å². The minimum Gasteiger partial charge on any atom is -0.324 e. The Balaban J connectivity index is 1.42. The van der Waals surface area contributed by atoms with Crippen molar-refractivity contribution in [2.45, 2.75) is 25.8 Å². The molecule has 1 saturated heterocycles. The van der Waals surface area contributed by atoms with Gasteiger partial charge >= 0.3 is 0 Å². The fourth-order valence-electron chi connectivity index (χ4n) is 4.87. The van der Waals surface area contributed by atoms with E-state index in [2.05, 4.69) is 45.7 Å². The number of aryl methyl sites for hydroxylation is 1. The Morgan fingerprint density at radius 2 is 1.59 bits per heavy atom. The molecular weight excluding hydrogens is 450 g/mol. The standard InChI is InChI=1S/C26H22ClN5O2/c1-15-6-8-17(9-7-15)22-14-21(16-10-12-18(27)13-11-16)28-25-29-26(30-32(22)25)31-23(33)19-4-2-3-5-20(19)24(31)34/h2-3,6-14,19-20,22H,4-5H2,1H3,(H,28,29,30)/t19-,20-,22-/m0/s1. The zero-order valence-corrected chi connectivity index (χ0v) is 19.2. The maximum absolute atomic E-state index is 13.1. The average molecular weight is 472 g/mol. The van der Waals surface area contributed by atoms with Crippen LogP contribution in [0.4, 0.5) is 11.9 Å². The van der Waals surface area contributed by atoms with Gasteiger partial charge in [-0.05, 0) is 49.1 Å². The molecule has 170 valence electrons. The van der Waals surface area contributed by atoms with E-state index in [0.29, 0.717) is 23.8 Å². The predicted octanol–water partition coefficient (Wildman–Crippen LogP) is 4.75. The molecule has 3 aliphatic rings. The van der Waals surface area contributed by atoms with E-state index in [4.69, 9.17) is 11.6 Å². The number of amides is 2. The number of hydrogen-bond acceptors (Lipinski definition) is 5. The van der Waals surface area contributed by atoms with Crippen LogP contribution in [-0.2, 0) is 9.59 Å². The molecule has 6 rings (SSSR count). The molecule has 0 saturated carbocycles. The zero-order chi connectivity index (χ0) is 23.4. The smallest absolute Gasteiger partial charge is 0.260 e. The normalized spacial score (nSPS) is 23.4. The molecule has 0 bridgehead atoms. The van der Waals surface area contributed by atoms with E-state index >= 15 is 0 Å². The van der Waals surface area contributed by atoms with Gasteiger partial charge in [-0.1, -0.05) is 65.7 Å². The number of imide groups is 1. The topological polar surface area (TPSA) is 80.1 Å². The number of halogens is 1. The molecule has 1 N–H and O–H groups in total. The van der Waals surface area contributed by atoms with Crippen LogP contribution in [0.15, 0.2) is 66.8 Å². The first-order valence-corrected chi connectivity index (χ1v) is 11.7. The Kier molecular flexibility index (Phi) is 4.88. The Morgan fingerprint density at radius 1 is 0.941 bits per heavy atom. The molecule has 0 unspecified atom stereocenters. The molecule has 8 heteroatoms. The van der Waals surface area contributed by atoms with Crippen LogP contribution < -0.4 is 10.2 Å². The third kappa shape index (κ3) is 3.35. The summed E-state index contributed by atoms with van der Waals surface area (Å²) in [7, 11) is 0. The Bertz CT molecular complexity index is 1330. The van der Waals surface area contributed by atoms with Gasteiger partial charge in [0.05, 0.1) is 11.8 Å². The second-order valence-electron chi connectivity index (χ2n) is 8.92. The largest absolute Gasteiger partial charge is 0.324 e. The Morgan fingerprint density at radius 3 is 2.24 bits per heavy atom. The lowest BCUT2D eigenvalue weighted by molar-refractivity contribution is -0.122. The lowest BCUT2D eigenvalue weighted by Gasteiger charge is -2.24. The van der Waals surface area contributed by atoms with Crippen molar-refractivity contribution in [2.24, 2.45) is 11.8 Å². The highest BCUT2D eigenvalue weighted by Gasteiger charge is 2.49. The summed E-state index contributed by atoms with van der Waals surface area (Å²) in [5, 5.41) is 8.64. The molecule has 3 heterocycles. The van der Waals surface area contributed by atoms with Crippen molar-refractivity contribution >= 4 is 41.0 Å². The van der Waals surface area contributed by atoms with Crippen molar-refractivity contribution in [3.8, 4) is 0 Å². The van der Waals surface area contributed by atoms with E-state index in [1.54, 1.807) is 4.68 Å². The second-order valence-corrected chi connectivity index (χ2v) is 9.35. The highest BCUT2D eigenvalue weighted by atomic mass is 35.5. The van der Waals surface area contributed by atoms with E-state index in [-0.39, 0.29) is 35.6 Å². The van der Waals surface area contributed by atoms with Crippen molar-refractivity contribution in [1.82, 2.24) is 14.8 Å². The maximum atomic E-state index is 13.1. The molecule has 2 aromatic carbocycles. The monoisotopic (exact) mass is 471 g/mol. The van der Waals surface area contributed by atoms with Gasteiger partial charge in [-0.15, -0.1) is 5.10 Å². The number of allylic oxidation sites excluding steroid dienone is 3. The minimum absolute atomic E-state index is 0.120. The van der Waals surface area contributed by atoms with Crippen LogP contribution in [-0.4, -0.2) is 26.6 Å². The van der Waals surface area contributed by atoms with Gasteiger partial charge < -0.3 is 5.32 Å². The third-order valence-electron chi connectivity index (χ3n) is 6.74. The van der Waals surface area contributed by atoms with Gasteiger partial charge in [0, 0.05) is 10.7 Å². The molecule has 1 aromatic heterocycles. The highest BCUT2D eigenvalue weighted by molar-refractivity contribution is 6.30. The van der Waals surface area contributed by atoms with Crippen LogP contribution >= 0.6 is 11.6 Å². The van der Waals surface area contributed by atoms with Crippen LogP contribution in [0.1, 0.15) is 35.6 Å². The SMILES string of the molecule is Cc1ccc([C@@H]2C=C(c3ccc(Cl)cc3)Nc3nc(N4C(=O)[C@H]5CC=CC[C@@H]5C4=O)nn32)cc1. The Hall–Kier alpha value is -3.71. The maximum Gasteiger partial charge on any atom is 0.260 e. The summed E-state index contributed by atoms with van der Waals surface area (Å²) >= 11 is 6.09. The van der Waals surface area contributed by atoms with Crippen molar-refractivity contribution in [3.05, 3.63) is 88.5 Å². The first-order valence-electron chi connectivity index (χ1n) is 11.3. The average Bonchev–Trinajstić information content (AvgIpc) is 3.38. The van der Waals surface area contributed by atoms with E-state index in [9.17, 15) is 9.59 Å². The molecule has 3 aromatic rings. The molecule has 34 heavy (non-hydrogen) atoms. The van der Waals surface area contributed by atoms with Crippen LogP contribution in [0.5, 0.6) is 0 Å². The molecular formula is C26H22ClN5O2. The van der Waals surface area contributed by atoms with E-state index < -0.39 is 0 Å². The highest BCUT2D eigenvalue weighted by Crippen LogP contribution is 2.39. The number of carbonyl (C=O) groups excluding carboxylic acids is 2. The second kappa shape index (κ2) is 7.95. The minimum atomic E-state index is -0.332. The van der Waals surface area contributed by atoms with Gasteiger partial charge in [-0.25, -0.2) is 9.58 Å². The summed E-state index contributed by atoms with van der Waals surface area (Å²) in [5.41, 5.74) is 3.98. The first kappa shape index (κ1) is 20.9. The summed E-state index contributed by atoms with van der Waals surface area (Å²) in [6.45, 7) is 2.04. The van der Waals surface area contributed by atoms with Crippen LogP contribution in [0.25, 0.3) is 5.70 Å². The number of rotatable bonds is 3. The van der Waals surface area contributed by atoms with Crippen molar-refractivity contribution in [1.29, 1.82) is 0 Å². The molecule has 7 nitrogen and oxygen atoms in total. The lowest BCUT2D eigenvalue weighted by Crippen LogP contribution is -2.32. The van der Waals surface area contributed by atoms with Gasteiger partial charge in [0.1, 0.15) is 6.04 Å². The summed E-state index contributed by atoms with van der Waals surface area (Å²) in [6.07, 6.45) is 7.16. The summed E-state index contributed by atoms with van der Waals surface area (Å²) in [4.78, 5) is 32.0. The number of carbonyl (C=O) groups is 2. The summed E-state index contributed by atoms with van der Waals surface area (Å²) < 4.78 is 1.74. The molecule has 1 fully saturated rings. The summed E-state index contributed by atoms with van der Waals surface area (Å²) in [5.74, 6) is -0.514. The quantitative estimate of drug-likeness (QED) is 0.440. The van der Waals surface area contributed by atoms with Gasteiger partial charge in [-0.2, -0.15) is 4.98 Å². The van der Waals surface area contributed by atoms with E-state index in [1.165, 1.54) is 4.90 Å². The molecule has 2 amide bonds. The molecule has 1 aliphatic carbocycles. The summed E-state index contributed by atoms with van der Waals surface area (Å²) in [6, 6.07) is 15.5. The van der Waals surface area contributed by atoms with E-state index in [0.717, 1.165) is 22.4 Å². The van der Waals surface area contributed by atoms with Gasteiger partial charge in [0.25, 0.3) is 5.95 Å². The molecule has 0 radical (unpaired) electrons. The van der Waals surface area contributed by atoms with Crippen molar-refractivity contribution in [2.75, 3.05) is 10.2 Å². The van der Waals surface area contributed by atoms with Gasteiger partial charge in [0.2, 0.25) is 17.8 Å². The number of hydrogen-bond donors (Lipinski definition) is 1. The van der Waals surface area contributed by atoms with Crippen molar-refractivity contribution < 1.29 is 9.59 Å². The molecule has 3 atom stereocenters. The predicted molar refractivity (Wildman–Crippen MR) is 130 cm³/mol. The number of fused-ring (bicyclic) bond motifs is 2. The molecule has 2 aliphatic heterocycles. The lowest BCUT2D eigenvalue weighted by atomic mass is 9.85. The molecule has 0 spiro atoms. The number of anilines is 2. The third-order valence-corrected chi connectivity index (χ3v) is 6.99.